The van der Waals surface area contributed by atoms with Crippen molar-refractivity contribution in [2.45, 2.75) is 32.0 Å². The summed E-state index contributed by atoms with van der Waals surface area (Å²) in [6, 6.07) is 7.37. The van der Waals surface area contributed by atoms with Gasteiger partial charge in [0.05, 0.1) is 12.7 Å². The lowest BCUT2D eigenvalue weighted by atomic mass is 9.99. The van der Waals surface area contributed by atoms with Crippen molar-refractivity contribution in [3.05, 3.63) is 35.6 Å². The van der Waals surface area contributed by atoms with Crippen LogP contribution in [0.4, 0.5) is 4.39 Å². The molecule has 0 saturated carbocycles. The van der Waals surface area contributed by atoms with Crippen molar-refractivity contribution >= 4 is 0 Å². The highest BCUT2D eigenvalue weighted by atomic mass is 19.1. The van der Waals surface area contributed by atoms with Crippen LogP contribution in [0.2, 0.25) is 0 Å². The molecule has 0 aliphatic carbocycles. The summed E-state index contributed by atoms with van der Waals surface area (Å²) in [7, 11) is 2.09. The van der Waals surface area contributed by atoms with Crippen molar-refractivity contribution in [2.75, 3.05) is 13.7 Å². The van der Waals surface area contributed by atoms with Gasteiger partial charge < -0.3 is 4.74 Å². The Morgan fingerprint density at radius 3 is 2.81 bits per heavy atom. The number of hydrogen-bond acceptors (Lipinski definition) is 2. The monoisotopic (exact) mass is 223 g/mol. The number of hydrogen-bond donors (Lipinski definition) is 0. The highest BCUT2D eigenvalue weighted by Gasteiger charge is 2.31. The van der Waals surface area contributed by atoms with Gasteiger partial charge in [-0.1, -0.05) is 12.1 Å². The minimum atomic E-state index is -0.199. The molecule has 1 fully saturated rings. The maximum absolute atomic E-state index is 13.2. The lowest BCUT2D eigenvalue weighted by Gasteiger charge is -2.41. The molecular weight excluding hydrogens is 205 g/mol. The predicted octanol–water partition coefficient (Wildman–Crippen LogP) is 2.61. The van der Waals surface area contributed by atoms with Crippen LogP contribution >= 0.6 is 0 Å². The van der Waals surface area contributed by atoms with E-state index in [1.807, 2.05) is 6.07 Å². The van der Waals surface area contributed by atoms with Crippen molar-refractivity contribution < 1.29 is 9.13 Å². The topological polar surface area (TPSA) is 12.5 Å². The second-order valence-corrected chi connectivity index (χ2v) is 4.56. The Morgan fingerprint density at radius 1 is 1.38 bits per heavy atom. The summed E-state index contributed by atoms with van der Waals surface area (Å²) in [6.07, 6.45) is -0.0306. The summed E-state index contributed by atoms with van der Waals surface area (Å²) in [4.78, 5) is 2.28. The van der Waals surface area contributed by atoms with Gasteiger partial charge in [0.25, 0.3) is 0 Å². The van der Waals surface area contributed by atoms with Gasteiger partial charge in [-0.3, -0.25) is 4.90 Å². The van der Waals surface area contributed by atoms with E-state index < -0.39 is 0 Å². The Balaban J connectivity index is 2.21. The van der Waals surface area contributed by atoms with Crippen molar-refractivity contribution in [1.29, 1.82) is 0 Å². The highest BCUT2D eigenvalue weighted by molar-refractivity contribution is 5.20. The quantitative estimate of drug-likeness (QED) is 0.725. The molecule has 1 aliphatic heterocycles. The maximum atomic E-state index is 13.2. The molecule has 0 bridgehead atoms. The fourth-order valence-electron chi connectivity index (χ4n) is 2.17. The van der Waals surface area contributed by atoms with Crippen LogP contribution in [0.3, 0.4) is 0 Å². The first-order valence-electron chi connectivity index (χ1n) is 5.68. The third-order valence-electron chi connectivity index (χ3n) is 3.47. The number of nitrogens with zero attached hydrogens (tertiary/aromatic N) is 1. The van der Waals surface area contributed by atoms with Crippen LogP contribution in [0.15, 0.2) is 24.3 Å². The Morgan fingerprint density at radius 2 is 2.12 bits per heavy atom. The number of benzene rings is 1. The zero-order valence-corrected chi connectivity index (χ0v) is 9.98. The largest absolute Gasteiger partial charge is 0.370 e. The van der Waals surface area contributed by atoms with Crippen molar-refractivity contribution in [3.63, 3.8) is 0 Å². The molecule has 0 aromatic heterocycles. The molecular formula is C13H18FNO. The summed E-state index contributed by atoms with van der Waals surface area (Å²) in [6.45, 7) is 4.95. The average molecular weight is 223 g/mol. The van der Waals surface area contributed by atoms with Crippen molar-refractivity contribution in [3.8, 4) is 0 Å². The Bertz CT molecular complexity index is 369. The SMILES string of the molecule is C[C@@H]1[C@@H](c2cccc(F)c2)OC[C@H](C)N1C. The van der Waals surface area contributed by atoms with Gasteiger partial charge in [-0.05, 0) is 38.6 Å². The van der Waals surface area contributed by atoms with Crippen LogP contribution in [-0.2, 0) is 4.74 Å². The fourth-order valence-corrected chi connectivity index (χ4v) is 2.17. The molecule has 1 aromatic carbocycles. The molecule has 88 valence electrons. The molecule has 0 amide bonds. The summed E-state index contributed by atoms with van der Waals surface area (Å²) in [5.41, 5.74) is 0.922. The Hall–Kier alpha value is -0.930. The van der Waals surface area contributed by atoms with Crippen LogP contribution in [0, 0.1) is 5.82 Å². The van der Waals surface area contributed by atoms with Crippen LogP contribution in [0.1, 0.15) is 25.5 Å². The molecule has 1 aromatic rings. The van der Waals surface area contributed by atoms with Crippen molar-refractivity contribution in [2.24, 2.45) is 0 Å². The molecule has 3 atom stereocenters. The summed E-state index contributed by atoms with van der Waals surface area (Å²) < 4.78 is 19.0. The summed E-state index contributed by atoms with van der Waals surface area (Å²) >= 11 is 0. The van der Waals surface area contributed by atoms with E-state index in [9.17, 15) is 4.39 Å². The van der Waals surface area contributed by atoms with Gasteiger partial charge in [0.2, 0.25) is 0 Å². The third-order valence-corrected chi connectivity index (χ3v) is 3.47. The van der Waals surface area contributed by atoms with Gasteiger partial charge in [0.1, 0.15) is 5.82 Å². The molecule has 2 nitrogen and oxygen atoms in total. The van der Waals surface area contributed by atoms with E-state index in [2.05, 4.69) is 25.8 Å². The second kappa shape index (κ2) is 4.52. The van der Waals surface area contributed by atoms with Gasteiger partial charge in [0.15, 0.2) is 0 Å². The lowest BCUT2D eigenvalue weighted by molar-refractivity contribution is -0.0853. The molecule has 16 heavy (non-hydrogen) atoms. The minimum absolute atomic E-state index is 0.0306. The first-order valence-corrected chi connectivity index (χ1v) is 5.68. The minimum Gasteiger partial charge on any atom is -0.370 e. The van der Waals surface area contributed by atoms with Gasteiger partial charge in [-0.2, -0.15) is 0 Å². The highest BCUT2D eigenvalue weighted by Crippen LogP contribution is 2.29. The van der Waals surface area contributed by atoms with E-state index in [1.165, 1.54) is 6.07 Å². The molecule has 1 saturated heterocycles. The molecule has 2 rings (SSSR count). The number of likely N-dealkylation sites (N-methyl/N-ethyl adjacent to an activating group) is 1. The first kappa shape index (κ1) is 11.6. The number of halogens is 1. The van der Waals surface area contributed by atoms with E-state index in [4.69, 9.17) is 4.74 Å². The molecule has 0 spiro atoms. The molecule has 3 heteroatoms. The number of ether oxygens (including phenoxy) is 1. The van der Waals surface area contributed by atoms with Gasteiger partial charge in [-0.25, -0.2) is 4.39 Å². The molecule has 0 radical (unpaired) electrons. The smallest absolute Gasteiger partial charge is 0.123 e. The number of rotatable bonds is 1. The normalized spacial score (nSPS) is 31.6. The predicted molar refractivity (Wildman–Crippen MR) is 61.8 cm³/mol. The van der Waals surface area contributed by atoms with E-state index in [0.29, 0.717) is 12.6 Å². The maximum Gasteiger partial charge on any atom is 0.123 e. The number of morpholine rings is 1. The second-order valence-electron chi connectivity index (χ2n) is 4.56. The van der Waals surface area contributed by atoms with Crippen molar-refractivity contribution in [1.82, 2.24) is 4.90 Å². The molecule has 0 N–H and O–H groups in total. The Kier molecular flexibility index (Phi) is 3.26. The standard InChI is InChI=1S/C13H18FNO/c1-9-8-16-13(10(2)15(9)3)11-5-4-6-12(14)7-11/h4-7,9-10,13H,8H2,1-3H3/t9-,10+,13-/m0/s1. The van der Waals surface area contributed by atoms with Crippen LogP contribution < -0.4 is 0 Å². The fraction of sp³-hybridized carbons (Fsp3) is 0.538. The molecule has 1 heterocycles. The van der Waals surface area contributed by atoms with Crippen LogP contribution in [0.5, 0.6) is 0 Å². The zero-order chi connectivity index (χ0) is 11.7. The molecule has 0 unspecified atom stereocenters. The summed E-state index contributed by atoms with van der Waals surface area (Å²) in [5.74, 6) is -0.199. The van der Waals surface area contributed by atoms with E-state index >= 15 is 0 Å². The third kappa shape index (κ3) is 2.11. The summed E-state index contributed by atoms with van der Waals surface area (Å²) in [5, 5.41) is 0. The van der Waals surface area contributed by atoms with Crippen LogP contribution in [-0.4, -0.2) is 30.6 Å². The molecule has 1 aliphatic rings. The van der Waals surface area contributed by atoms with E-state index in [1.54, 1.807) is 12.1 Å². The zero-order valence-electron chi connectivity index (χ0n) is 9.98. The van der Waals surface area contributed by atoms with E-state index in [-0.39, 0.29) is 18.0 Å². The van der Waals surface area contributed by atoms with Gasteiger partial charge in [0, 0.05) is 12.1 Å². The van der Waals surface area contributed by atoms with Gasteiger partial charge in [-0.15, -0.1) is 0 Å². The average Bonchev–Trinajstić information content (AvgIpc) is 2.26. The van der Waals surface area contributed by atoms with Gasteiger partial charge >= 0.3 is 0 Å². The Labute approximate surface area is 96.0 Å². The van der Waals surface area contributed by atoms with Crippen LogP contribution in [0.25, 0.3) is 0 Å². The first-order chi connectivity index (χ1) is 7.59. The lowest BCUT2D eigenvalue weighted by Crippen LogP contribution is -2.48. The van der Waals surface area contributed by atoms with E-state index in [0.717, 1.165) is 5.56 Å².